The van der Waals surface area contributed by atoms with E-state index in [2.05, 4.69) is 6.08 Å². The molecule has 0 N–H and O–H groups in total. The molecule has 0 aromatic heterocycles. The fourth-order valence-electron chi connectivity index (χ4n) is 0.852. The van der Waals surface area contributed by atoms with Crippen LogP contribution in [0.4, 0.5) is 0 Å². The lowest BCUT2D eigenvalue weighted by Crippen LogP contribution is -1.90. The molecule has 1 aliphatic heterocycles. The number of Topliss-reactive ketones (excluding diaryl/α,β-unsaturated/α-hetero) is 1. The zero-order valence-electron chi connectivity index (χ0n) is 6.89. The Balaban J connectivity index is 2.63. The van der Waals surface area contributed by atoms with E-state index in [9.17, 15) is 4.79 Å². The van der Waals surface area contributed by atoms with Crippen molar-refractivity contribution in [3.05, 3.63) is 22.6 Å². The second-order valence-corrected chi connectivity index (χ2v) is 3.80. The van der Waals surface area contributed by atoms with Crippen LogP contribution in [0.1, 0.15) is 20.3 Å². The van der Waals surface area contributed by atoms with E-state index in [0.29, 0.717) is 0 Å². The van der Waals surface area contributed by atoms with E-state index in [0.717, 1.165) is 17.7 Å². The van der Waals surface area contributed by atoms with Crippen molar-refractivity contribution in [2.45, 2.75) is 20.3 Å². The summed E-state index contributed by atoms with van der Waals surface area (Å²) in [6.07, 6.45) is 5.29. The monoisotopic (exact) mass is 168 g/mol. The van der Waals surface area contributed by atoms with Gasteiger partial charge in [-0.25, -0.2) is 0 Å². The molecular formula is C9H12OS. The first kappa shape index (κ1) is 8.60. The minimum absolute atomic E-state index is 0.165. The first-order valence-corrected chi connectivity index (χ1v) is 4.71. The summed E-state index contributed by atoms with van der Waals surface area (Å²) >= 11 is 1.82. The summed E-state index contributed by atoms with van der Waals surface area (Å²) in [5.74, 6) is 1.33. The Kier molecular flexibility index (Phi) is 2.94. The van der Waals surface area contributed by atoms with Crippen LogP contribution >= 0.6 is 11.8 Å². The van der Waals surface area contributed by atoms with Crippen LogP contribution in [0.5, 0.6) is 0 Å². The summed E-state index contributed by atoms with van der Waals surface area (Å²) in [4.78, 5) is 12.1. The molecule has 0 saturated heterocycles. The van der Waals surface area contributed by atoms with Gasteiger partial charge < -0.3 is 0 Å². The zero-order chi connectivity index (χ0) is 8.27. The maximum absolute atomic E-state index is 10.8. The van der Waals surface area contributed by atoms with Crippen LogP contribution in [-0.4, -0.2) is 11.5 Å². The standard InChI is InChI=1S/C9H12OS/c1-7(8(2)10)6-9-4-3-5-11-9/h4,6H,3,5H2,1-2H3/b7-6-. The number of hydrogen-bond donors (Lipinski definition) is 0. The molecule has 0 aromatic rings. The minimum atomic E-state index is 0.165. The third kappa shape index (κ3) is 2.54. The third-order valence-corrected chi connectivity index (χ3v) is 2.70. The summed E-state index contributed by atoms with van der Waals surface area (Å²) in [6, 6.07) is 0. The van der Waals surface area contributed by atoms with E-state index >= 15 is 0 Å². The van der Waals surface area contributed by atoms with Crippen LogP contribution in [0.15, 0.2) is 22.6 Å². The third-order valence-electron chi connectivity index (χ3n) is 1.65. The lowest BCUT2D eigenvalue weighted by molar-refractivity contribution is -0.113. The topological polar surface area (TPSA) is 17.1 Å². The number of carbonyl (C=O) groups is 1. The van der Waals surface area contributed by atoms with Gasteiger partial charge in [0.05, 0.1) is 0 Å². The average molecular weight is 168 g/mol. The van der Waals surface area contributed by atoms with Crippen LogP contribution in [0.2, 0.25) is 0 Å². The van der Waals surface area contributed by atoms with Crippen molar-refractivity contribution in [2.75, 3.05) is 5.75 Å². The van der Waals surface area contributed by atoms with Crippen LogP contribution in [-0.2, 0) is 4.79 Å². The lowest BCUT2D eigenvalue weighted by Gasteiger charge is -1.94. The first-order valence-electron chi connectivity index (χ1n) is 3.72. The Morgan fingerprint density at radius 3 is 2.82 bits per heavy atom. The van der Waals surface area contributed by atoms with Gasteiger partial charge in [0.25, 0.3) is 0 Å². The molecule has 0 amide bonds. The summed E-state index contributed by atoms with van der Waals surface area (Å²) in [7, 11) is 0. The fraction of sp³-hybridized carbons (Fsp3) is 0.444. The van der Waals surface area contributed by atoms with Crippen molar-refractivity contribution < 1.29 is 4.79 Å². The molecule has 1 aliphatic rings. The Morgan fingerprint density at radius 2 is 2.36 bits per heavy atom. The van der Waals surface area contributed by atoms with E-state index < -0.39 is 0 Å². The zero-order valence-corrected chi connectivity index (χ0v) is 7.70. The van der Waals surface area contributed by atoms with Gasteiger partial charge in [-0.2, -0.15) is 0 Å². The van der Waals surface area contributed by atoms with Gasteiger partial charge in [-0.15, -0.1) is 11.8 Å². The number of allylic oxidation sites excluding steroid dienone is 3. The van der Waals surface area contributed by atoms with Gasteiger partial charge in [0.15, 0.2) is 5.78 Å². The van der Waals surface area contributed by atoms with Gasteiger partial charge in [-0.1, -0.05) is 6.08 Å². The predicted octanol–water partition coefficient (Wildman–Crippen LogP) is 2.54. The van der Waals surface area contributed by atoms with E-state index in [1.165, 1.54) is 4.91 Å². The molecule has 60 valence electrons. The summed E-state index contributed by atoms with van der Waals surface area (Å²) in [5.41, 5.74) is 0.852. The molecule has 0 aromatic carbocycles. The summed E-state index contributed by atoms with van der Waals surface area (Å²) in [5, 5.41) is 0. The van der Waals surface area contributed by atoms with Gasteiger partial charge in [-0.05, 0) is 31.9 Å². The lowest BCUT2D eigenvalue weighted by atomic mass is 10.2. The number of hydrogen-bond acceptors (Lipinski definition) is 2. The van der Waals surface area contributed by atoms with E-state index in [1.54, 1.807) is 6.92 Å². The van der Waals surface area contributed by atoms with Gasteiger partial charge in [0.1, 0.15) is 0 Å². The molecule has 1 rings (SSSR count). The number of ketones is 1. The van der Waals surface area contributed by atoms with Crippen molar-refractivity contribution >= 4 is 17.5 Å². The second kappa shape index (κ2) is 3.77. The van der Waals surface area contributed by atoms with Crippen LogP contribution in [0.3, 0.4) is 0 Å². The van der Waals surface area contributed by atoms with Crippen molar-refractivity contribution in [1.82, 2.24) is 0 Å². The molecule has 0 saturated carbocycles. The smallest absolute Gasteiger partial charge is 0.155 e. The molecule has 0 atom stereocenters. The van der Waals surface area contributed by atoms with Crippen LogP contribution < -0.4 is 0 Å². The molecule has 0 bridgehead atoms. The highest BCUT2D eigenvalue weighted by atomic mass is 32.2. The molecule has 11 heavy (non-hydrogen) atoms. The summed E-state index contributed by atoms with van der Waals surface area (Å²) < 4.78 is 0. The summed E-state index contributed by atoms with van der Waals surface area (Å²) in [6.45, 7) is 3.47. The molecular weight excluding hydrogens is 156 g/mol. The van der Waals surface area contributed by atoms with Gasteiger partial charge in [0, 0.05) is 10.7 Å². The average Bonchev–Trinajstić information content (AvgIpc) is 2.39. The number of rotatable bonds is 2. The highest BCUT2D eigenvalue weighted by Crippen LogP contribution is 2.26. The Labute approximate surface area is 71.6 Å². The molecule has 0 spiro atoms. The molecule has 1 nitrogen and oxygen atoms in total. The highest BCUT2D eigenvalue weighted by molar-refractivity contribution is 8.03. The molecule has 0 radical (unpaired) electrons. The van der Waals surface area contributed by atoms with Crippen LogP contribution in [0, 0.1) is 0 Å². The Bertz CT molecular complexity index is 226. The molecule has 0 fully saturated rings. The van der Waals surface area contributed by atoms with Crippen LogP contribution in [0.25, 0.3) is 0 Å². The Hall–Kier alpha value is -0.500. The fourth-order valence-corrected chi connectivity index (χ4v) is 1.82. The van der Waals surface area contributed by atoms with E-state index in [1.807, 2.05) is 24.8 Å². The van der Waals surface area contributed by atoms with Gasteiger partial charge >= 0.3 is 0 Å². The predicted molar refractivity (Wildman–Crippen MR) is 49.6 cm³/mol. The van der Waals surface area contributed by atoms with Crippen molar-refractivity contribution in [3.63, 3.8) is 0 Å². The van der Waals surface area contributed by atoms with Gasteiger partial charge in [-0.3, -0.25) is 4.79 Å². The maximum Gasteiger partial charge on any atom is 0.155 e. The number of thioether (sulfide) groups is 1. The number of carbonyl (C=O) groups excluding carboxylic acids is 1. The van der Waals surface area contributed by atoms with Crippen molar-refractivity contribution in [1.29, 1.82) is 0 Å². The molecule has 0 unspecified atom stereocenters. The molecule has 2 heteroatoms. The normalized spacial score (nSPS) is 18.4. The van der Waals surface area contributed by atoms with E-state index in [-0.39, 0.29) is 5.78 Å². The SMILES string of the molecule is CC(=O)/C(C)=C\C1=CCCS1. The molecule has 0 aliphatic carbocycles. The molecule has 1 heterocycles. The second-order valence-electron chi connectivity index (χ2n) is 2.63. The van der Waals surface area contributed by atoms with Crippen molar-refractivity contribution in [2.24, 2.45) is 0 Å². The quantitative estimate of drug-likeness (QED) is 0.589. The van der Waals surface area contributed by atoms with E-state index in [4.69, 9.17) is 0 Å². The first-order chi connectivity index (χ1) is 5.20. The minimum Gasteiger partial charge on any atom is -0.295 e. The Morgan fingerprint density at radius 1 is 1.64 bits per heavy atom. The van der Waals surface area contributed by atoms with Gasteiger partial charge in [0.2, 0.25) is 0 Å². The maximum atomic E-state index is 10.8. The van der Waals surface area contributed by atoms with Crippen molar-refractivity contribution in [3.8, 4) is 0 Å². The largest absolute Gasteiger partial charge is 0.295 e. The highest BCUT2D eigenvalue weighted by Gasteiger charge is 2.03.